The Morgan fingerprint density at radius 1 is 1.14 bits per heavy atom. The van der Waals surface area contributed by atoms with Gasteiger partial charge in [-0.1, -0.05) is 52.5 Å². The van der Waals surface area contributed by atoms with Crippen molar-refractivity contribution in [3.05, 3.63) is 29.3 Å². The van der Waals surface area contributed by atoms with E-state index in [4.69, 9.17) is 0 Å². The molecular weight excluding hydrogens is 270 g/mol. The SMILES string of the molecule is CCCCCNC1C(CC)Cc2ccc(O)cc2C1CCC. The standard InChI is InChI=1S/C20H33NO/c1-4-7-8-12-21-20-15(6-3)13-16-10-11-17(22)14-19(16)18(20)9-5-2/h10-11,14-15,18,20-22H,4-9,12-13H2,1-3H3. The molecule has 0 fully saturated rings. The highest BCUT2D eigenvalue weighted by molar-refractivity contribution is 5.40. The summed E-state index contributed by atoms with van der Waals surface area (Å²) in [7, 11) is 0. The number of nitrogens with one attached hydrogen (secondary N) is 1. The lowest BCUT2D eigenvalue weighted by Gasteiger charge is -2.40. The van der Waals surface area contributed by atoms with Crippen LogP contribution in [0.3, 0.4) is 0 Å². The summed E-state index contributed by atoms with van der Waals surface area (Å²) < 4.78 is 0. The second-order valence-electron chi connectivity index (χ2n) is 6.84. The zero-order valence-corrected chi connectivity index (χ0v) is 14.6. The van der Waals surface area contributed by atoms with Gasteiger partial charge in [0.1, 0.15) is 5.75 Å². The topological polar surface area (TPSA) is 32.3 Å². The van der Waals surface area contributed by atoms with Crippen LogP contribution in [-0.4, -0.2) is 17.7 Å². The monoisotopic (exact) mass is 303 g/mol. The van der Waals surface area contributed by atoms with E-state index in [1.54, 1.807) is 0 Å². The molecule has 2 heteroatoms. The van der Waals surface area contributed by atoms with Gasteiger partial charge in [0.25, 0.3) is 0 Å². The molecule has 124 valence electrons. The Balaban J connectivity index is 2.20. The van der Waals surface area contributed by atoms with Gasteiger partial charge in [-0.05, 0) is 60.9 Å². The fraction of sp³-hybridized carbons (Fsp3) is 0.700. The van der Waals surface area contributed by atoms with E-state index in [-0.39, 0.29) is 0 Å². The van der Waals surface area contributed by atoms with Crippen LogP contribution in [0.5, 0.6) is 5.75 Å². The number of benzene rings is 1. The van der Waals surface area contributed by atoms with Gasteiger partial charge in [0, 0.05) is 6.04 Å². The summed E-state index contributed by atoms with van der Waals surface area (Å²) in [4.78, 5) is 0. The lowest BCUT2D eigenvalue weighted by Crippen LogP contribution is -2.45. The minimum Gasteiger partial charge on any atom is -0.508 e. The van der Waals surface area contributed by atoms with Crippen molar-refractivity contribution in [3.8, 4) is 5.75 Å². The maximum atomic E-state index is 9.91. The van der Waals surface area contributed by atoms with Crippen LogP contribution in [0.15, 0.2) is 18.2 Å². The summed E-state index contributed by atoms with van der Waals surface area (Å²) in [6.07, 6.45) is 8.64. The lowest BCUT2D eigenvalue weighted by atomic mass is 9.70. The van der Waals surface area contributed by atoms with Gasteiger partial charge in [-0.25, -0.2) is 0 Å². The number of rotatable bonds is 8. The van der Waals surface area contributed by atoms with Crippen LogP contribution in [0.2, 0.25) is 0 Å². The third-order valence-electron chi connectivity index (χ3n) is 5.24. The third kappa shape index (κ3) is 4.04. The molecule has 0 radical (unpaired) electrons. The van der Waals surface area contributed by atoms with Crippen LogP contribution in [-0.2, 0) is 6.42 Å². The maximum Gasteiger partial charge on any atom is 0.115 e. The van der Waals surface area contributed by atoms with Crippen LogP contribution in [0, 0.1) is 5.92 Å². The van der Waals surface area contributed by atoms with Gasteiger partial charge in [0.15, 0.2) is 0 Å². The van der Waals surface area contributed by atoms with E-state index in [0.29, 0.717) is 17.7 Å². The normalized spacial score (nSPS) is 24.2. The van der Waals surface area contributed by atoms with Crippen LogP contribution in [0.4, 0.5) is 0 Å². The van der Waals surface area contributed by atoms with Crippen LogP contribution in [0.25, 0.3) is 0 Å². The van der Waals surface area contributed by atoms with Gasteiger partial charge in [0.05, 0.1) is 0 Å². The largest absolute Gasteiger partial charge is 0.508 e. The Bertz CT molecular complexity index is 457. The summed E-state index contributed by atoms with van der Waals surface area (Å²) in [6.45, 7) is 7.98. The molecule has 0 amide bonds. The highest BCUT2D eigenvalue weighted by Gasteiger charge is 2.34. The summed E-state index contributed by atoms with van der Waals surface area (Å²) in [5.74, 6) is 1.68. The summed E-state index contributed by atoms with van der Waals surface area (Å²) in [5.41, 5.74) is 2.84. The molecule has 2 N–H and O–H groups in total. The molecule has 1 aliphatic rings. The van der Waals surface area contributed by atoms with Gasteiger partial charge in [-0.15, -0.1) is 0 Å². The average Bonchev–Trinajstić information content (AvgIpc) is 2.53. The molecule has 1 aromatic rings. The minimum atomic E-state index is 0.416. The molecule has 0 saturated heterocycles. The molecule has 22 heavy (non-hydrogen) atoms. The van der Waals surface area contributed by atoms with Crippen LogP contribution >= 0.6 is 0 Å². The van der Waals surface area contributed by atoms with Crippen molar-refractivity contribution in [2.24, 2.45) is 5.92 Å². The van der Waals surface area contributed by atoms with Gasteiger partial charge < -0.3 is 10.4 Å². The molecule has 1 aromatic carbocycles. The first-order chi connectivity index (χ1) is 10.7. The number of hydrogen-bond acceptors (Lipinski definition) is 2. The summed E-state index contributed by atoms with van der Waals surface area (Å²) in [5, 5.41) is 13.8. The Kier molecular flexibility index (Phi) is 6.75. The number of phenolic OH excluding ortho intramolecular Hbond substituents is 1. The first-order valence-electron chi connectivity index (χ1n) is 9.26. The zero-order valence-electron chi connectivity index (χ0n) is 14.6. The Morgan fingerprint density at radius 2 is 1.95 bits per heavy atom. The maximum absolute atomic E-state index is 9.91. The number of phenols is 1. The second-order valence-corrected chi connectivity index (χ2v) is 6.84. The van der Waals surface area contributed by atoms with Crippen LogP contribution in [0.1, 0.15) is 76.3 Å². The van der Waals surface area contributed by atoms with E-state index >= 15 is 0 Å². The molecule has 1 aliphatic carbocycles. The molecule has 3 atom stereocenters. The van der Waals surface area contributed by atoms with Crippen molar-refractivity contribution < 1.29 is 5.11 Å². The molecule has 0 spiro atoms. The molecular formula is C20H33NO. The van der Waals surface area contributed by atoms with Crippen molar-refractivity contribution >= 4 is 0 Å². The van der Waals surface area contributed by atoms with Crippen molar-refractivity contribution in [1.82, 2.24) is 5.32 Å². The zero-order chi connectivity index (χ0) is 15.9. The highest BCUT2D eigenvalue weighted by atomic mass is 16.3. The molecule has 0 bridgehead atoms. The van der Waals surface area contributed by atoms with E-state index in [0.717, 1.165) is 18.9 Å². The van der Waals surface area contributed by atoms with E-state index in [1.165, 1.54) is 49.7 Å². The molecule has 2 rings (SSSR count). The minimum absolute atomic E-state index is 0.416. The molecule has 0 aromatic heterocycles. The molecule has 2 nitrogen and oxygen atoms in total. The number of fused-ring (bicyclic) bond motifs is 1. The van der Waals surface area contributed by atoms with E-state index in [9.17, 15) is 5.11 Å². The van der Waals surface area contributed by atoms with Gasteiger partial charge in [0.2, 0.25) is 0 Å². The first kappa shape index (κ1) is 17.3. The van der Waals surface area contributed by atoms with Gasteiger partial charge >= 0.3 is 0 Å². The number of aromatic hydroxyl groups is 1. The molecule has 3 unspecified atom stereocenters. The van der Waals surface area contributed by atoms with Gasteiger partial charge in [-0.2, -0.15) is 0 Å². The second kappa shape index (κ2) is 8.57. The third-order valence-corrected chi connectivity index (χ3v) is 5.24. The molecule has 0 saturated carbocycles. The average molecular weight is 303 g/mol. The highest BCUT2D eigenvalue weighted by Crippen LogP contribution is 2.40. The lowest BCUT2D eigenvalue weighted by molar-refractivity contribution is 0.265. The molecule has 0 heterocycles. The van der Waals surface area contributed by atoms with Crippen LogP contribution < -0.4 is 5.32 Å². The predicted molar refractivity (Wildman–Crippen MR) is 94.6 cm³/mol. The molecule has 0 aliphatic heterocycles. The fourth-order valence-corrected chi connectivity index (χ4v) is 4.04. The van der Waals surface area contributed by atoms with Crippen molar-refractivity contribution in [2.75, 3.05) is 6.54 Å². The van der Waals surface area contributed by atoms with Gasteiger partial charge in [-0.3, -0.25) is 0 Å². The summed E-state index contributed by atoms with van der Waals surface area (Å²) >= 11 is 0. The van der Waals surface area contributed by atoms with Crippen molar-refractivity contribution in [2.45, 2.75) is 77.7 Å². The Labute approximate surface area is 136 Å². The Hall–Kier alpha value is -1.02. The summed E-state index contributed by atoms with van der Waals surface area (Å²) in [6, 6.07) is 6.57. The van der Waals surface area contributed by atoms with E-state index < -0.39 is 0 Å². The number of unbranched alkanes of at least 4 members (excludes halogenated alkanes) is 2. The predicted octanol–water partition coefficient (Wildman–Crippen LogP) is 5.01. The Morgan fingerprint density at radius 3 is 2.64 bits per heavy atom. The smallest absolute Gasteiger partial charge is 0.115 e. The van der Waals surface area contributed by atoms with Crippen molar-refractivity contribution in [3.63, 3.8) is 0 Å². The fourth-order valence-electron chi connectivity index (χ4n) is 4.04. The van der Waals surface area contributed by atoms with E-state index in [1.807, 2.05) is 12.1 Å². The van der Waals surface area contributed by atoms with Crippen molar-refractivity contribution in [1.29, 1.82) is 0 Å². The first-order valence-corrected chi connectivity index (χ1v) is 9.26. The number of hydrogen-bond donors (Lipinski definition) is 2. The van der Waals surface area contributed by atoms with E-state index in [2.05, 4.69) is 32.2 Å². The quantitative estimate of drug-likeness (QED) is 0.662.